The van der Waals surface area contributed by atoms with Crippen LogP contribution in [-0.4, -0.2) is 51.4 Å². The molecule has 5 atom stereocenters. The van der Waals surface area contributed by atoms with Crippen molar-refractivity contribution in [2.24, 2.45) is 11.7 Å². The molecule has 5 nitrogen and oxygen atoms in total. The highest BCUT2D eigenvalue weighted by atomic mass is 16.3. The van der Waals surface area contributed by atoms with Crippen LogP contribution in [0.1, 0.15) is 6.42 Å². The second-order valence-electron chi connectivity index (χ2n) is 3.30. The molecule has 1 aliphatic carbocycles. The Bertz CT molecular complexity index is 150. The molecule has 1 saturated carbocycles. The summed E-state index contributed by atoms with van der Waals surface area (Å²) in [6, 6.07) is -0.817. The molecule has 1 aliphatic rings. The van der Waals surface area contributed by atoms with E-state index in [-0.39, 0.29) is 13.0 Å². The molecular weight excluding hydrogens is 162 g/mol. The Labute approximate surface area is 70.4 Å². The zero-order chi connectivity index (χ0) is 9.30. The van der Waals surface area contributed by atoms with Gasteiger partial charge in [-0.25, -0.2) is 0 Å². The van der Waals surface area contributed by atoms with Crippen LogP contribution in [-0.2, 0) is 0 Å². The van der Waals surface area contributed by atoms with Crippen LogP contribution >= 0.6 is 0 Å². The Morgan fingerprint density at radius 2 is 1.75 bits per heavy atom. The Morgan fingerprint density at radius 1 is 1.17 bits per heavy atom. The molecule has 0 aliphatic heterocycles. The van der Waals surface area contributed by atoms with Gasteiger partial charge in [0, 0.05) is 12.5 Å². The van der Waals surface area contributed by atoms with Crippen molar-refractivity contribution in [2.75, 3.05) is 6.61 Å². The van der Waals surface area contributed by atoms with E-state index in [1.165, 1.54) is 0 Å². The van der Waals surface area contributed by atoms with Crippen molar-refractivity contribution in [3.8, 4) is 0 Å². The zero-order valence-electron chi connectivity index (χ0n) is 6.67. The van der Waals surface area contributed by atoms with Crippen molar-refractivity contribution in [1.29, 1.82) is 0 Å². The van der Waals surface area contributed by atoms with E-state index in [0.29, 0.717) is 0 Å². The van der Waals surface area contributed by atoms with Gasteiger partial charge in [0.2, 0.25) is 0 Å². The molecule has 0 saturated heterocycles. The molecule has 0 aromatic carbocycles. The van der Waals surface area contributed by atoms with E-state index >= 15 is 0 Å². The van der Waals surface area contributed by atoms with E-state index in [2.05, 4.69) is 0 Å². The first-order valence-electron chi connectivity index (χ1n) is 3.98. The number of nitrogens with two attached hydrogens (primary N) is 1. The summed E-state index contributed by atoms with van der Waals surface area (Å²) in [7, 11) is 0. The number of aliphatic hydroxyl groups excluding tert-OH is 4. The maximum atomic E-state index is 9.32. The summed E-state index contributed by atoms with van der Waals surface area (Å²) in [6.07, 6.45) is -2.80. The SMILES string of the molecule is N[C@@H]1[C@@H](O)[C@H](O)[C@H](CO)C[C@@H]1O. The molecular formula is C7H15NO4. The van der Waals surface area contributed by atoms with E-state index in [0.717, 1.165) is 0 Å². The van der Waals surface area contributed by atoms with Gasteiger partial charge in [-0.3, -0.25) is 0 Å². The standard InChI is InChI=1S/C7H15NO4/c8-5-4(10)1-3(2-9)6(11)7(5)12/h3-7,9-12H,1-2,8H2/t3-,4-,5-,6+,7+/m0/s1. The second kappa shape index (κ2) is 3.68. The average Bonchev–Trinajstić information content (AvgIpc) is 2.08. The Hall–Kier alpha value is -0.200. The van der Waals surface area contributed by atoms with Crippen LogP contribution in [0.25, 0.3) is 0 Å². The van der Waals surface area contributed by atoms with Gasteiger partial charge in [0.15, 0.2) is 0 Å². The maximum absolute atomic E-state index is 9.32. The topological polar surface area (TPSA) is 107 Å². The minimum absolute atomic E-state index is 0.232. The maximum Gasteiger partial charge on any atom is 0.0978 e. The molecule has 72 valence electrons. The van der Waals surface area contributed by atoms with Crippen molar-refractivity contribution in [3.05, 3.63) is 0 Å². The highest BCUT2D eigenvalue weighted by molar-refractivity contribution is 4.94. The molecule has 0 aromatic heterocycles. The summed E-state index contributed by atoms with van der Waals surface area (Å²) in [5.41, 5.74) is 5.39. The van der Waals surface area contributed by atoms with Gasteiger partial charge in [-0.1, -0.05) is 0 Å². The van der Waals surface area contributed by atoms with E-state index in [4.69, 9.17) is 10.8 Å². The lowest BCUT2D eigenvalue weighted by atomic mass is 9.80. The van der Waals surface area contributed by atoms with Gasteiger partial charge in [0.1, 0.15) is 0 Å². The highest BCUT2D eigenvalue weighted by Crippen LogP contribution is 2.24. The second-order valence-corrected chi connectivity index (χ2v) is 3.30. The van der Waals surface area contributed by atoms with Crippen LogP contribution in [0.3, 0.4) is 0 Å². The third kappa shape index (κ3) is 1.60. The summed E-state index contributed by atoms with van der Waals surface area (Å²) < 4.78 is 0. The molecule has 0 aromatic rings. The minimum Gasteiger partial charge on any atom is -0.396 e. The van der Waals surface area contributed by atoms with Crippen LogP contribution in [0.2, 0.25) is 0 Å². The van der Waals surface area contributed by atoms with E-state index < -0.39 is 30.3 Å². The van der Waals surface area contributed by atoms with Crippen LogP contribution in [0.15, 0.2) is 0 Å². The van der Waals surface area contributed by atoms with Crippen molar-refractivity contribution in [2.45, 2.75) is 30.8 Å². The fraction of sp³-hybridized carbons (Fsp3) is 1.00. The van der Waals surface area contributed by atoms with Gasteiger partial charge in [0.25, 0.3) is 0 Å². The van der Waals surface area contributed by atoms with Gasteiger partial charge in [-0.15, -0.1) is 0 Å². The monoisotopic (exact) mass is 177 g/mol. The first-order chi connectivity index (χ1) is 5.57. The zero-order valence-corrected chi connectivity index (χ0v) is 6.67. The highest BCUT2D eigenvalue weighted by Gasteiger charge is 2.40. The molecule has 0 amide bonds. The quantitative estimate of drug-likeness (QED) is 0.302. The average molecular weight is 177 g/mol. The lowest BCUT2D eigenvalue weighted by Gasteiger charge is -2.38. The molecule has 6 N–H and O–H groups in total. The number of aliphatic hydroxyl groups is 4. The van der Waals surface area contributed by atoms with Crippen LogP contribution in [0.5, 0.6) is 0 Å². The van der Waals surface area contributed by atoms with Crippen molar-refractivity contribution >= 4 is 0 Å². The Morgan fingerprint density at radius 3 is 2.25 bits per heavy atom. The minimum atomic E-state index is -1.15. The number of hydrogen-bond donors (Lipinski definition) is 5. The normalized spacial score (nSPS) is 49.2. The largest absolute Gasteiger partial charge is 0.396 e. The molecule has 1 rings (SSSR count). The van der Waals surface area contributed by atoms with Gasteiger partial charge in [-0.05, 0) is 6.42 Å². The van der Waals surface area contributed by atoms with Gasteiger partial charge < -0.3 is 26.2 Å². The third-order valence-corrected chi connectivity index (χ3v) is 2.45. The fourth-order valence-corrected chi connectivity index (χ4v) is 1.52. The van der Waals surface area contributed by atoms with Crippen molar-refractivity contribution in [1.82, 2.24) is 0 Å². The van der Waals surface area contributed by atoms with Gasteiger partial charge in [-0.2, -0.15) is 0 Å². The summed E-state index contributed by atoms with van der Waals surface area (Å²) >= 11 is 0. The molecule has 0 unspecified atom stereocenters. The predicted molar refractivity (Wildman–Crippen MR) is 41.2 cm³/mol. The summed E-state index contributed by atoms with van der Waals surface area (Å²) in [5.74, 6) is -0.477. The summed E-state index contributed by atoms with van der Waals surface area (Å²) in [4.78, 5) is 0. The first kappa shape index (κ1) is 9.88. The third-order valence-electron chi connectivity index (χ3n) is 2.45. The van der Waals surface area contributed by atoms with E-state index in [1.807, 2.05) is 0 Å². The number of hydrogen-bond acceptors (Lipinski definition) is 5. The molecule has 5 heteroatoms. The molecule has 12 heavy (non-hydrogen) atoms. The predicted octanol–water partition coefficient (Wildman–Crippen LogP) is -2.59. The Kier molecular flexibility index (Phi) is 3.03. The van der Waals surface area contributed by atoms with Crippen molar-refractivity contribution < 1.29 is 20.4 Å². The lowest BCUT2D eigenvalue weighted by Crippen LogP contribution is -2.58. The van der Waals surface area contributed by atoms with Crippen LogP contribution in [0.4, 0.5) is 0 Å². The van der Waals surface area contributed by atoms with Gasteiger partial charge in [0.05, 0.1) is 24.4 Å². The van der Waals surface area contributed by atoms with Crippen molar-refractivity contribution in [3.63, 3.8) is 0 Å². The molecule has 0 heterocycles. The molecule has 1 fully saturated rings. The number of rotatable bonds is 1. The van der Waals surface area contributed by atoms with E-state index in [1.54, 1.807) is 0 Å². The molecule has 0 bridgehead atoms. The smallest absolute Gasteiger partial charge is 0.0978 e. The lowest BCUT2D eigenvalue weighted by molar-refractivity contribution is -0.106. The summed E-state index contributed by atoms with van der Waals surface area (Å²) in [5, 5.41) is 36.6. The molecule has 0 radical (unpaired) electrons. The van der Waals surface area contributed by atoms with Gasteiger partial charge >= 0.3 is 0 Å². The van der Waals surface area contributed by atoms with E-state index in [9.17, 15) is 15.3 Å². The van der Waals surface area contributed by atoms with Crippen LogP contribution < -0.4 is 5.73 Å². The van der Waals surface area contributed by atoms with Crippen LogP contribution in [0, 0.1) is 5.92 Å². The Balaban J connectivity index is 2.63. The fourth-order valence-electron chi connectivity index (χ4n) is 1.52. The molecule has 0 spiro atoms. The first-order valence-corrected chi connectivity index (χ1v) is 3.98. The summed E-state index contributed by atoms with van der Waals surface area (Å²) in [6.45, 7) is -0.248.